The van der Waals surface area contributed by atoms with E-state index in [4.69, 9.17) is 18.0 Å². The Hall–Kier alpha value is -0.930. The van der Waals surface area contributed by atoms with Gasteiger partial charge in [0, 0.05) is 17.5 Å². The Morgan fingerprint density at radius 3 is 2.46 bits per heavy atom. The Kier molecular flexibility index (Phi) is 5.86. The number of benzene rings is 1. The van der Waals surface area contributed by atoms with E-state index in [1.165, 1.54) is 56.4 Å². The van der Waals surface area contributed by atoms with Crippen LogP contribution in [0.3, 0.4) is 0 Å². The molecular formula is C25H38N2S. The zero-order valence-electron chi connectivity index (χ0n) is 17.8. The molecule has 4 atom stereocenters. The first kappa shape index (κ1) is 20.3. The van der Waals surface area contributed by atoms with Crippen LogP contribution in [0, 0.1) is 16.7 Å². The summed E-state index contributed by atoms with van der Waals surface area (Å²) in [5.41, 5.74) is 8.26. The summed E-state index contributed by atoms with van der Waals surface area (Å²) in [5.74, 6) is 1.53. The summed E-state index contributed by atoms with van der Waals surface area (Å²) in [4.78, 5) is 1.17. The molecule has 154 valence electrons. The minimum atomic E-state index is 0.203. The van der Waals surface area contributed by atoms with Gasteiger partial charge in [-0.3, -0.25) is 0 Å². The molecule has 0 radical (unpaired) electrons. The van der Waals surface area contributed by atoms with Crippen molar-refractivity contribution >= 4 is 17.2 Å². The zero-order chi connectivity index (χ0) is 19.8. The van der Waals surface area contributed by atoms with Gasteiger partial charge in [-0.2, -0.15) is 0 Å². The van der Waals surface area contributed by atoms with Crippen LogP contribution in [0.25, 0.3) is 0 Å². The Balaban J connectivity index is 1.47. The summed E-state index contributed by atoms with van der Waals surface area (Å²) >= 11 is 6.10. The first-order chi connectivity index (χ1) is 13.4. The molecule has 3 heteroatoms. The Bertz CT molecular complexity index is 681. The third-order valence-corrected chi connectivity index (χ3v) is 8.67. The van der Waals surface area contributed by atoms with Gasteiger partial charge in [-0.25, -0.2) is 0 Å². The van der Waals surface area contributed by atoms with Crippen LogP contribution in [0.2, 0.25) is 0 Å². The van der Waals surface area contributed by atoms with Crippen LogP contribution in [-0.4, -0.2) is 17.1 Å². The van der Waals surface area contributed by atoms with Crippen LogP contribution in [0.5, 0.6) is 0 Å². The second kappa shape index (κ2) is 8.07. The van der Waals surface area contributed by atoms with Crippen LogP contribution < -0.4 is 11.1 Å². The molecule has 2 unspecified atom stereocenters. The molecule has 0 saturated heterocycles. The predicted molar refractivity (Wildman–Crippen MR) is 123 cm³/mol. The number of nitrogens with two attached hydrogens (primary N) is 1. The lowest BCUT2D eigenvalue weighted by Crippen LogP contribution is -2.52. The van der Waals surface area contributed by atoms with Crippen molar-refractivity contribution in [3.63, 3.8) is 0 Å². The lowest BCUT2D eigenvalue weighted by atomic mass is 9.51. The maximum atomic E-state index is 6.10. The van der Waals surface area contributed by atoms with Gasteiger partial charge in [0.05, 0.1) is 4.99 Å². The monoisotopic (exact) mass is 398 g/mol. The lowest BCUT2D eigenvalue weighted by molar-refractivity contribution is 0.0158. The first-order valence-electron chi connectivity index (χ1n) is 11.5. The van der Waals surface area contributed by atoms with Crippen LogP contribution in [-0.2, 0) is 0 Å². The number of hydrogen-bond acceptors (Lipinski definition) is 2. The predicted octanol–water partition coefficient (Wildman–Crippen LogP) is 5.95. The van der Waals surface area contributed by atoms with E-state index >= 15 is 0 Å². The van der Waals surface area contributed by atoms with Crippen molar-refractivity contribution in [3.05, 3.63) is 35.9 Å². The van der Waals surface area contributed by atoms with E-state index < -0.39 is 0 Å². The van der Waals surface area contributed by atoms with E-state index in [2.05, 4.69) is 49.5 Å². The fourth-order valence-electron chi connectivity index (χ4n) is 6.87. The van der Waals surface area contributed by atoms with Gasteiger partial charge >= 0.3 is 0 Å². The molecule has 1 aromatic carbocycles. The van der Waals surface area contributed by atoms with Gasteiger partial charge in [-0.05, 0) is 87.0 Å². The molecule has 3 fully saturated rings. The minimum Gasteiger partial charge on any atom is -0.376 e. The quantitative estimate of drug-likeness (QED) is 0.615. The SMILES string of the molecule is CCC1(C(=S)NC2CCC(N)CC2)CC2C[C@H](c3ccccc3)C[C@](C)(C2)C1. The van der Waals surface area contributed by atoms with Crippen molar-refractivity contribution in [2.75, 3.05) is 0 Å². The smallest absolute Gasteiger partial charge is 0.0818 e. The molecule has 0 spiro atoms. The molecule has 0 amide bonds. The minimum absolute atomic E-state index is 0.203. The highest BCUT2D eigenvalue weighted by molar-refractivity contribution is 7.80. The van der Waals surface area contributed by atoms with Gasteiger partial charge in [0.2, 0.25) is 0 Å². The van der Waals surface area contributed by atoms with Crippen molar-refractivity contribution in [1.29, 1.82) is 0 Å². The van der Waals surface area contributed by atoms with Crippen LogP contribution in [0.15, 0.2) is 30.3 Å². The Labute approximate surface area is 177 Å². The largest absolute Gasteiger partial charge is 0.376 e. The second-order valence-corrected chi connectivity index (χ2v) is 10.9. The lowest BCUT2D eigenvalue weighted by Gasteiger charge is -2.55. The molecule has 28 heavy (non-hydrogen) atoms. The molecule has 3 saturated carbocycles. The van der Waals surface area contributed by atoms with E-state index in [1.807, 2.05) is 0 Å². The molecule has 2 bridgehead atoms. The van der Waals surface area contributed by atoms with E-state index in [1.54, 1.807) is 5.56 Å². The molecule has 3 aliphatic rings. The third kappa shape index (κ3) is 4.16. The Morgan fingerprint density at radius 2 is 1.82 bits per heavy atom. The maximum absolute atomic E-state index is 6.10. The van der Waals surface area contributed by atoms with E-state index in [9.17, 15) is 0 Å². The van der Waals surface area contributed by atoms with E-state index in [0.717, 1.165) is 24.7 Å². The maximum Gasteiger partial charge on any atom is 0.0818 e. The van der Waals surface area contributed by atoms with Gasteiger partial charge in [0.25, 0.3) is 0 Å². The normalized spacial score (nSPS) is 40.7. The molecule has 0 aromatic heterocycles. The molecule has 3 N–H and O–H groups in total. The number of fused-ring (bicyclic) bond motifs is 2. The topological polar surface area (TPSA) is 38.0 Å². The van der Waals surface area contributed by atoms with Crippen molar-refractivity contribution in [2.24, 2.45) is 22.5 Å². The number of rotatable bonds is 4. The summed E-state index contributed by atoms with van der Waals surface area (Å²) in [6, 6.07) is 12.2. The summed E-state index contributed by atoms with van der Waals surface area (Å²) < 4.78 is 0. The van der Waals surface area contributed by atoms with Crippen molar-refractivity contribution < 1.29 is 0 Å². The van der Waals surface area contributed by atoms with Crippen LogP contribution >= 0.6 is 12.2 Å². The molecule has 3 aliphatic carbocycles. The summed E-state index contributed by atoms with van der Waals surface area (Å²) in [6.45, 7) is 4.91. The molecular weight excluding hydrogens is 360 g/mol. The highest BCUT2D eigenvalue weighted by Gasteiger charge is 2.51. The number of nitrogens with one attached hydrogen (secondary N) is 1. The summed E-state index contributed by atoms with van der Waals surface area (Å²) in [5, 5.41) is 3.83. The van der Waals surface area contributed by atoms with Gasteiger partial charge in [-0.1, -0.05) is 56.4 Å². The summed E-state index contributed by atoms with van der Waals surface area (Å²) in [6.07, 6.45) is 12.4. The fourth-order valence-corrected chi connectivity index (χ4v) is 7.34. The molecule has 1 aromatic rings. The molecule has 0 aliphatic heterocycles. The van der Waals surface area contributed by atoms with Crippen LogP contribution in [0.4, 0.5) is 0 Å². The number of thiocarbonyl (C=S) groups is 1. The van der Waals surface area contributed by atoms with E-state index in [-0.39, 0.29) is 5.41 Å². The third-order valence-electron chi connectivity index (χ3n) is 8.12. The van der Waals surface area contributed by atoms with Crippen LogP contribution in [0.1, 0.15) is 89.5 Å². The Morgan fingerprint density at radius 1 is 1.11 bits per heavy atom. The fraction of sp³-hybridized carbons (Fsp3) is 0.720. The summed E-state index contributed by atoms with van der Waals surface area (Å²) in [7, 11) is 0. The standard InChI is InChI=1S/C25H38N2S/c1-3-25(23(28)27-22-11-9-21(26)10-12-22)15-18-13-20(16-24(2,14-18)17-25)19-7-5-4-6-8-19/h4-8,18,20-22H,3,9-17,26H2,1-2H3,(H,27,28)/t18?,20-,21?,22?,24-,25?/m0/s1. The molecule has 4 rings (SSSR count). The van der Waals surface area contributed by atoms with Crippen molar-refractivity contribution in [2.45, 2.75) is 96.1 Å². The van der Waals surface area contributed by atoms with Gasteiger partial charge in [0.1, 0.15) is 0 Å². The average Bonchev–Trinajstić information content (AvgIpc) is 2.69. The zero-order valence-corrected chi connectivity index (χ0v) is 18.6. The highest BCUT2D eigenvalue weighted by atomic mass is 32.1. The van der Waals surface area contributed by atoms with Gasteiger partial charge in [-0.15, -0.1) is 0 Å². The van der Waals surface area contributed by atoms with Crippen molar-refractivity contribution in [1.82, 2.24) is 5.32 Å². The average molecular weight is 399 g/mol. The highest BCUT2D eigenvalue weighted by Crippen LogP contribution is 2.60. The van der Waals surface area contributed by atoms with Crippen molar-refractivity contribution in [3.8, 4) is 0 Å². The second-order valence-electron chi connectivity index (χ2n) is 10.5. The first-order valence-corrected chi connectivity index (χ1v) is 11.9. The molecule has 0 heterocycles. The van der Waals surface area contributed by atoms with E-state index in [0.29, 0.717) is 17.5 Å². The molecule has 2 nitrogen and oxygen atoms in total. The van der Waals surface area contributed by atoms with Gasteiger partial charge < -0.3 is 11.1 Å². The van der Waals surface area contributed by atoms with Gasteiger partial charge in [0.15, 0.2) is 0 Å². The number of hydrogen-bond donors (Lipinski definition) is 2.